The van der Waals surface area contributed by atoms with Crippen LogP contribution >= 0.6 is 0 Å². The average molecular weight is 478 g/mol. The summed E-state index contributed by atoms with van der Waals surface area (Å²) in [6, 6.07) is 8.76. The summed E-state index contributed by atoms with van der Waals surface area (Å²) in [6.07, 6.45) is 7.62. The second-order valence-electron chi connectivity index (χ2n) is 10.0. The standard InChI is InChI=1S/C28H32FN3O3/c1-32(2)19-9-7-18(8-10-19)31-27-21-13-20(17-6-11-25(33)26(12-17)35-3)23(29)14-24(21)30-15-22(27)28(34)16-4-5-16/h6,11-16,18-19,33H,4-5,7-10H2,1-3H3,(H,30,31)/t18-,19-. The van der Waals surface area contributed by atoms with E-state index in [1.165, 1.54) is 19.2 Å². The number of hydrogen-bond donors (Lipinski definition) is 2. The van der Waals surface area contributed by atoms with Crippen LogP contribution in [0.15, 0.2) is 36.5 Å². The zero-order chi connectivity index (χ0) is 24.7. The molecule has 2 fully saturated rings. The van der Waals surface area contributed by atoms with Crippen molar-refractivity contribution in [2.24, 2.45) is 5.92 Å². The predicted octanol–water partition coefficient (Wildman–Crippen LogP) is 5.63. The number of pyridine rings is 1. The number of carbonyl (C=O) groups is 1. The van der Waals surface area contributed by atoms with Crippen molar-refractivity contribution in [2.45, 2.75) is 50.6 Å². The monoisotopic (exact) mass is 477 g/mol. The van der Waals surface area contributed by atoms with Crippen molar-refractivity contribution in [3.05, 3.63) is 47.9 Å². The molecule has 0 spiro atoms. The topological polar surface area (TPSA) is 74.7 Å². The molecule has 1 aromatic heterocycles. The van der Waals surface area contributed by atoms with Gasteiger partial charge in [0.1, 0.15) is 5.82 Å². The maximum Gasteiger partial charge on any atom is 0.169 e. The Morgan fingerprint density at radius 3 is 2.51 bits per heavy atom. The van der Waals surface area contributed by atoms with Gasteiger partial charge >= 0.3 is 0 Å². The number of Topliss-reactive ketones (excluding diaryl/α,β-unsaturated/α-hetero) is 1. The number of phenols is 1. The van der Waals surface area contributed by atoms with E-state index < -0.39 is 5.82 Å². The lowest BCUT2D eigenvalue weighted by atomic mass is 9.89. The van der Waals surface area contributed by atoms with Gasteiger partial charge in [0.05, 0.1) is 23.9 Å². The van der Waals surface area contributed by atoms with Crippen LogP contribution in [0.3, 0.4) is 0 Å². The Morgan fingerprint density at radius 2 is 1.86 bits per heavy atom. The number of ether oxygens (including phenoxy) is 1. The van der Waals surface area contributed by atoms with Gasteiger partial charge in [0.2, 0.25) is 0 Å². The first-order valence-corrected chi connectivity index (χ1v) is 12.3. The molecule has 0 atom stereocenters. The quantitative estimate of drug-likeness (QED) is 0.430. The summed E-state index contributed by atoms with van der Waals surface area (Å²) in [7, 11) is 5.70. The van der Waals surface area contributed by atoms with Gasteiger partial charge in [0, 0.05) is 41.2 Å². The fourth-order valence-corrected chi connectivity index (χ4v) is 5.13. The fourth-order valence-electron chi connectivity index (χ4n) is 5.13. The number of carbonyl (C=O) groups excluding carboxylic acids is 1. The van der Waals surface area contributed by atoms with Gasteiger partial charge in [-0.25, -0.2) is 4.39 Å². The minimum atomic E-state index is -0.420. The zero-order valence-electron chi connectivity index (χ0n) is 20.5. The Balaban J connectivity index is 1.59. The van der Waals surface area contributed by atoms with Gasteiger partial charge in [-0.05, 0) is 76.4 Å². The largest absolute Gasteiger partial charge is 0.504 e. The van der Waals surface area contributed by atoms with Crippen LogP contribution in [0.25, 0.3) is 22.0 Å². The van der Waals surface area contributed by atoms with E-state index >= 15 is 4.39 Å². The number of ketones is 1. The SMILES string of the molecule is COc1cc(-c2cc3c(N[C@H]4CC[C@H](N(C)C)CC4)c(C(=O)C4CC4)cnc3cc2F)ccc1O. The minimum absolute atomic E-state index is 0.00730. The van der Waals surface area contributed by atoms with Crippen LogP contribution < -0.4 is 10.1 Å². The van der Waals surface area contributed by atoms with Gasteiger partial charge < -0.3 is 20.1 Å². The summed E-state index contributed by atoms with van der Waals surface area (Å²) in [5.41, 5.74) is 2.81. The van der Waals surface area contributed by atoms with Crippen molar-refractivity contribution in [2.75, 3.05) is 26.5 Å². The molecule has 0 aliphatic heterocycles. The van der Waals surface area contributed by atoms with Crippen molar-refractivity contribution < 1.29 is 19.0 Å². The highest BCUT2D eigenvalue weighted by Crippen LogP contribution is 2.40. The normalized spacial score (nSPS) is 20.3. The Morgan fingerprint density at radius 1 is 1.11 bits per heavy atom. The van der Waals surface area contributed by atoms with Gasteiger partial charge in [0.15, 0.2) is 17.3 Å². The molecule has 2 aliphatic rings. The highest BCUT2D eigenvalue weighted by Gasteiger charge is 2.33. The Bertz CT molecular complexity index is 1260. The van der Waals surface area contributed by atoms with Crippen LogP contribution in [0.5, 0.6) is 11.5 Å². The number of methoxy groups -OCH3 is 1. The van der Waals surface area contributed by atoms with Gasteiger partial charge in [0.25, 0.3) is 0 Å². The van der Waals surface area contributed by atoms with Gasteiger partial charge in [-0.15, -0.1) is 0 Å². The molecular weight excluding hydrogens is 445 g/mol. The number of phenolic OH excluding ortho intramolecular Hbond substituents is 1. The molecule has 5 rings (SSSR count). The van der Waals surface area contributed by atoms with Crippen molar-refractivity contribution in [3.63, 3.8) is 0 Å². The van der Waals surface area contributed by atoms with Crippen LogP contribution in [0.2, 0.25) is 0 Å². The number of nitrogens with zero attached hydrogens (tertiary/aromatic N) is 2. The minimum Gasteiger partial charge on any atom is -0.504 e. The molecule has 6 nitrogen and oxygen atoms in total. The Hall–Kier alpha value is -3.19. The van der Waals surface area contributed by atoms with E-state index in [4.69, 9.17) is 4.74 Å². The molecule has 3 aromatic rings. The number of benzene rings is 2. The molecule has 184 valence electrons. The van der Waals surface area contributed by atoms with E-state index in [0.29, 0.717) is 28.2 Å². The number of fused-ring (bicyclic) bond motifs is 1. The maximum absolute atomic E-state index is 15.2. The lowest BCUT2D eigenvalue weighted by molar-refractivity contribution is 0.0968. The second-order valence-corrected chi connectivity index (χ2v) is 10.0. The lowest BCUT2D eigenvalue weighted by Crippen LogP contribution is -2.36. The van der Waals surface area contributed by atoms with E-state index in [1.54, 1.807) is 24.4 Å². The maximum atomic E-state index is 15.2. The van der Waals surface area contributed by atoms with Gasteiger partial charge in [-0.1, -0.05) is 6.07 Å². The summed E-state index contributed by atoms with van der Waals surface area (Å²) in [4.78, 5) is 19.9. The molecule has 2 aliphatic carbocycles. The first kappa shape index (κ1) is 23.5. The molecule has 2 aromatic carbocycles. The Kier molecular flexibility index (Phi) is 6.36. The highest BCUT2D eigenvalue weighted by molar-refractivity contribution is 6.10. The summed E-state index contributed by atoms with van der Waals surface area (Å²) in [5, 5.41) is 14.4. The van der Waals surface area contributed by atoms with Gasteiger partial charge in [-0.2, -0.15) is 0 Å². The number of hydrogen-bond acceptors (Lipinski definition) is 6. The first-order chi connectivity index (χ1) is 16.9. The number of aromatic hydroxyl groups is 1. The van der Waals surface area contributed by atoms with Crippen LogP contribution in [0, 0.1) is 11.7 Å². The van der Waals surface area contributed by atoms with Crippen LogP contribution in [-0.4, -0.2) is 54.1 Å². The fraction of sp³-hybridized carbons (Fsp3) is 0.429. The van der Waals surface area contributed by atoms with Crippen molar-refractivity contribution in [1.82, 2.24) is 9.88 Å². The van der Waals surface area contributed by atoms with Gasteiger partial charge in [-0.3, -0.25) is 9.78 Å². The summed E-state index contributed by atoms with van der Waals surface area (Å²) in [6.45, 7) is 0. The lowest BCUT2D eigenvalue weighted by Gasteiger charge is -2.34. The molecule has 2 N–H and O–H groups in total. The number of anilines is 1. The second kappa shape index (κ2) is 9.46. The Labute approximate surface area is 205 Å². The molecule has 1 heterocycles. The molecule has 0 unspecified atom stereocenters. The number of aromatic nitrogens is 1. The molecule has 2 saturated carbocycles. The molecule has 7 heteroatoms. The smallest absolute Gasteiger partial charge is 0.169 e. The van der Waals surface area contributed by atoms with Crippen LogP contribution in [0.4, 0.5) is 10.1 Å². The number of halogens is 1. The zero-order valence-corrected chi connectivity index (χ0v) is 20.5. The molecule has 0 bridgehead atoms. The highest BCUT2D eigenvalue weighted by atomic mass is 19.1. The summed E-state index contributed by atoms with van der Waals surface area (Å²) in [5.74, 6) is 0.0129. The third-order valence-electron chi connectivity index (χ3n) is 7.44. The van der Waals surface area contributed by atoms with Crippen LogP contribution in [-0.2, 0) is 0 Å². The summed E-state index contributed by atoms with van der Waals surface area (Å²) < 4.78 is 20.4. The number of nitrogens with one attached hydrogen (secondary N) is 1. The third kappa shape index (κ3) is 4.69. The molecule has 0 saturated heterocycles. The summed E-state index contributed by atoms with van der Waals surface area (Å²) >= 11 is 0. The predicted molar refractivity (Wildman–Crippen MR) is 136 cm³/mol. The molecule has 0 amide bonds. The average Bonchev–Trinajstić information content (AvgIpc) is 3.70. The molecular formula is C28H32FN3O3. The molecule has 35 heavy (non-hydrogen) atoms. The van der Waals surface area contributed by atoms with Crippen molar-refractivity contribution in [1.29, 1.82) is 0 Å². The number of rotatable bonds is 7. The van der Waals surface area contributed by atoms with Crippen LogP contribution in [0.1, 0.15) is 48.9 Å². The molecule has 0 radical (unpaired) electrons. The van der Waals surface area contributed by atoms with E-state index in [-0.39, 0.29) is 29.2 Å². The van der Waals surface area contributed by atoms with E-state index in [0.717, 1.165) is 49.6 Å². The first-order valence-electron chi connectivity index (χ1n) is 12.3. The van der Waals surface area contributed by atoms with E-state index in [9.17, 15) is 9.90 Å². The van der Waals surface area contributed by atoms with E-state index in [2.05, 4.69) is 29.3 Å². The van der Waals surface area contributed by atoms with Crippen molar-refractivity contribution >= 4 is 22.4 Å². The third-order valence-corrected chi connectivity index (χ3v) is 7.44. The van der Waals surface area contributed by atoms with E-state index in [1.807, 2.05) is 0 Å². The van der Waals surface area contributed by atoms with Crippen molar-refractivity contribution in [3.8, 4) is 22.6 Å².